The van der Waals surface area contributed by atoms with Crippen LogP contribution in [0.4, 0.5) is 5.82 Å². The van der Waals surface area contributed by atoms with Crippen molar-refractivity contribution in [3.63, 3.8) is 0 Å². The average Bonchev–Trinajstić information content (AvgIpc) is 2.17. The van der Waals surface area contributed by atoms with Crippen LogP contribution in [0.15, 0.2) is 18.6 Å². The molecule has 2 rings (SSSR count). The molecule has 1 aromatic rings. The normalized spacial score (nSPS) is 24.8. The molecule has 1 heterocycles. The van der Waals surface area contributed by atoms with Gasteiger partial charge in [-0.3, -0.25) is 0 Å². The molecule has 0 spiro atoms. The number of nitrogens with zero attached hydrogens (tertiary/aromatic N) is 2. The van der Waals surface area contributed by atoms with Crippen LogP contribution in [-0.4, -0.2) is 16.0 Å². The van der Waals surface area contributed by atoms with Crippen LogP contribution >= 0.6 is 0 Å². The minimum absolute atomic E-state index is 0.475. The van der Waals surface area contributed by atoms with E-state index in [4.69, 9.17) is 0 Å². The molecule has 0 aliphatic heterocycles. The molecule has 1 saturated carbocycles. The van der Waals surface area contributed by atoms with Gasteiger partial charge >= 0.3 is 0 Å². The van der Waals surface area contributed by atoms with Gasteiger partial charge in [0, 0.05) is 12.2 Å². The van der Waals surface area contributed by atoms with E-state index in [9.17, 15) is 0 Å². The van der Waals surface area contributed by atoms with Crippen LogP contribution in [0.1, 0.15) is 39.5 Å². The van der Waals surface area contributed by atoms with Gasteiger partial charge in [-0.1, -0.05) is 20.3 Å². The van der Waals surface area contributed by atoms with Gasteiger partial charge in [0.05, 0.1) is 0 Å². The van der Waals surface area contributed by atoms with Gasteiger partial charge in [-0.2, -0.15) is 0 Å². The lowest BCUT2D eigenvalue weighted by Gasteiger charge is -2.35. The molecule has 1 aromatic heterocycles. The van der Waals surface area contributed by atoms with Crippen LogP contribution in [-0.2, 0) is 0 Å². The highest BCUT2D eigenvalue weighted by Gasteiger charge is 2.27. The number of anilines is 1. The highest BCUT2D eigenvalue weighted by molar-refractivity contribution is 5.33. The highest BCUT2D eigenvalue weighted by atomic mass is 15.0. The highest BCUT2D eigenvalue weighted by Crippen LogP contribution is 2.35. The summed E-state index contributed by atoms with van der Waals surface area (Å²) in [6.07, 6.45) is 8.52. The fourth-order valence-corrected chi connectivity index (χ4v) is 2.41. The predicted octanol–water partition coefficient (Wildman–Crippen LogP) is 2.86. The maximum absolute atomic E-state index is 4.20. The van der Waals surface area contributed by atoms with Gasteiger partial charge in [0.25, 0.3) is 0 Å². The lowest BCUT2D eigenvalue weighted by Crippen LogP contribution is -2.31. The van der Waals surface area contributed by atoms with Crippen molar-refractivity contribution in [2.24, 2.45) is 5.41 Å². The number of nitrogens with one attached hydrogen (secondary N) is 1. The zero-order valence-electron chi connectivity index (χ0n) is 9.53. The summed E-state index contributed by atoms with van der Waals surface area (Å²) in [4.78, 5) is 8.11. The summed E-state index contributed by atoms with van der Waals surface area (Å²) in [7, 11) is 0. The van der Waals surface area contributed by atoms with E-state index < -0.39 is 0 Å². The predicted molar refractivity (Wildman–Crippen MR) is 61.7 cm³/mol. The Hall–Kier alpha value is -1.12. The monoisotopic (exact) mass is 205 g/mol. The summed E-state index contributed by atoms with van der Waals surface area (Å²) in [5, 5.41) is 3.49. The number of rotatable bonds is 2. The Kier molecular flexibility index (Phi) is 2.89. The van der Waals surface area contributed by atoms with Crippen LogP contribution in [0, 0.1) is 5.41 Å². The number of hydrogen-bond acceptors (Lipinski definition) is 3. The van der Waals surface area contributed by atoms with Crippen LogP contribution in [0.3, 0.4) is 0 Å². The zero-order valence-corrected chi connectivity index (χ0v) is 9.53. The van der Waals surface area contributed by atoms with E-state index in [0.29, 0.717) is 11.5 Å². The smallest absolute Gasteiger partial charge is 0.129 e. The minimum Gasteiger partial charge on any atom is -0.367 e. The number of aromatic nitrogens is 2. The van der Waals surface area contributed by atoms with Crippen LogP contribution in [0.25, 0.3) is 0 Å². The van der Waals surface area contributed by atoms with Gasteiger partial charge in [0.2, 0.25) is 0 Å². The largest absolute Gasteiger partial charge is 0.367 e. The Labute approximate surface area is 91.3 Å². The van der Waals surface area contributed by atoms with E-state index in [1.807, 2.05) is 6.07 Å². The van der Waals surface area contributed by atoms with Gasteiger partial charge in [-0.25, -0.2) is 9.97 Å². The van der Waals surface area contributed by atoms with Crippen LogP contribution in [0.5, 0.6) is 0 Å². The quantitative estimate of drug-likeness (QED) is 0.806. The van der Waals surface area contributed by atoms with E-state index in [1.165, 1.54) is 25.7 Å². The third-order valence-corrected chi connectivity index (χ3v) is 3.14. The molecule has 1 N–H and O–H groups in total. The van der Waals surface area contributed by atoms with Crippen molar-refractivity contribution >= 4 is 5.82 Å². The molecule has 1 atom stereocenters. The topological polar surface area (TPSA) is 37.8 Å². The van der Waals surface area contributed by atoms with Crippen molar-refractivity contribution in [2.45, 2.75) is 45.6 Å². The Balaban J connectivity index is 1.95. The first-order valence-electron chi connectivity index (χ1n) is 5.68. The molecule has 0 saturated heterocycles. The molecule has 3 heteroatoms. The fraction of sp³-hybridized carbons (Fsp3) is 0.667. The summed E-state index contributed by atoms with van der Waals surface area (Å²) in [6.45, 7) is 4.70. The lowest BCUT2D eigenvalue weighted by molar-refractivity contribution is 0.229. The summed E-state index contributed by atoms with van der Waals surface area (Å²) in [5.41, 5.74) is 0.475. The van der Waals surface area contributed by atoms with E-state index in [-0.39, 0.29) is 0 Å². The average molecular weight is 205 g/mol. The molecule has 0 amide bonds. The maximum atomic E-state index is 4.20. The Morgan fingerprint density at radius 3 is 3.00 bits per heavy atom. The van der Waals surface area contributed by atoms with E-state index >= 15 is 0 Å². The first-order valence-corrected chi connectivity index (χ1v) is 5.68. The van der Waals surface area contributed by atoms with Crippen molar-refractivity contribution in [2.75, 3.05) is 5.32 Å². The molecule has 3 nitrogen and oxygen atoms in total. The van der Waals surface area contributed by atoms with Gasteiger partial charge in [0.15, 0.2) is 0 Å². The fourth-order valence-electron chi connectivity index (χ4n) is 2.41. The second-order valence-electron chi connectivity index (χ2n) is 5.20. The van der Waals surface area contributed by atoms with E-state index in [0.717, 1.165) is 5.82 Å². The third-order valence-electron chi connectivity index (χ3n) is 3.14. The summed E-state index contributed by atoms with van der Waals surface area (Å²) < 4.78 is 0. The van der Waals surface area contributed by atoms with Gasteiger partial charge in [0.1, 0.15) is 12.1 Å². The Morgan fingerprint density at radius 1 is 1.47 bits per heavy atom. The van der Waals surface area contributed by atoms with Crippen LogP contribution in [0.2, 0.25) is 0 Å². The van der Waals surface area contributed by atoms with E-state index in [2.05, 4.69) is 29.1 Å². The maximum Gasteiger partial charge on any atom is 0.129 e. The molecule has 15 heavy (non-hydrogen) atoms. The van der Waals surface area contributed by atoms with Gasteiger partial charge in [-0.15, -0.1) is 0 Å². The first kappa shape index (κ1) is 10.4. The Bertz CT molecular complexity index is 308. The summed E-state index contributed by atoms with van der Waals surface area (Å²) >= 11 is 0. The molecule has 0 radical (unpaired) electrons. The SMILES string of the molecule is CC1(C)CCCC(Nc2ccncn2)C1. The summed E-state index contributed by atoms with van der Waals surface area (Å²) in [6, 6.07) is 2.50. The van der Waals surface area contributed by atoms with Crippen molar-refractivity contribution < 1.29 is 0 Å². The molecule has 1 fully saturated rings. The molecule has 0 bridgehead atoms. The molecule has 0 aromatic carbocycles. The van der Waals surface area contributed by atoms with Gasteiger partial charge in [-0.05, 0) is 30.7 Å². The summed E-state index contributed by atoms with van der Waals surface area (Å²) in [5.74, 6) is 0.952. The molecule has 1 aliphatic carbocycles. The second kappa shape index (κ2) is 4.17. The van der Waals surface area contributed by atoms with Crippen molar-refractivity contribution in [1.82, 2.24) is 9.97 Å². The van der Waals surface area contributed by atoms with E-state index in [1.54, 1.807) is 12.5 Å². The zero-order chi connectivity index (χ0) is 10.7. The minimum atomic E-state index is 0.475. The number of hydrogen-bond donors (Lipinski definition) is 1. The third kappa shape index (κ3) is 2.91. The van der Waals surface area contributed by atoms with Crippen LogP contribution < -0.4 is 5.32 Å². The standard InChI is InChI=1S/C12H19N3/c1-12(2)6-3-4-10(8-12)15-11-5-7-13-9-14-11/h5,7,9-10H,3-4,6,8H2,1-2H3,(H,13,14,15). The lowest BCUT2D eigenvalue weighted by atomic mass is 9.75. The van der Waals surface area contributed by atoms with Crippen molar-refractivity contribution in [1.29, 1.82) is 0 Å². The molecule has 1 unspecified atom stereocenters. The van der Waals surface area contributed by atoms with Crippen molar-refractivity contribution in [3.05, 3.63) is 18.6 Å². The molecular formula is C12H19N3. The molecule has 82 valence electrons. The molecular weight excluding hydrogens is 186 g/mol. The van der Waals surface area contributed by atoms with Crippen molar-refractivity contribution in [3.8, 4) is 0 Å². The molecule has 1 aliphatic rings. The second-order valence-corrected chi connectivity index (χ2v) is 5.20. The first-order chi connectivity index (χ1) is 7.16. The van der Waals surface area contributed by atoms with Gasteiger partial charge < -0.3 is 5.32 Å². The Morgan fingerprint density at radius 2 is 2.33 bits per heavy atom.